The number of amidine groups is 1. The van der Waals surface area contributed by atoms with Gasteiger partial charge in [-0.25, -0.2) is 4.99 Å². The molecular weight excluding hydrogens is 384 g/mol. The third-order valence-corrected chi connectivity index (χ3v) is 4.65. The van der Waals surface area contributed by atoms with Crippen molar-refractivity contribution in [2.45, 2.75) is 20.8 Å². The van der Waals surface area contributed by atoms with Gasteiger partial charge in [-0.1, -0.05) is 56.6 Å². The third-order valence-electron chi connectivity index (χ3n) is 4.34. The summed E-state index contributed by atoms with van der Waals surface area (Å²) in [4.78, 5) is 21.8. The van der Waals surface area contributed by atoms with Crippen LogP contribution in [0.5, 0.6) is 0 Å². The summed E-state index contributed by atoms with van der Waals surface area (Å²) in [5.74, 6) is -0.0407. The molecule has 0 spiro atoms. The average Bonchev–Trinajstić information content (AvgIpc) is 2.67. The lowest BCUT2D eigenvalue weighted by Gasteiger charge is -2.19. The van der Waals surface area contributed by atoms with Gasteiger partial charge in [0.15, 0.2) is 0 Å². The molecule has 2 aromatic carbocycles. The SMILES string of the molecule is CC(C)(C)C(N)=CC(=Nc1ccccc1)NC(=O)c1cc2ncccc2cc1Cl. The van der Waals surface area contributed by atoms with Gasteiger partial charge in [0.25, 0.3) is 5.91 Å². The van der Waals surface area contributed by atoms with Crippen LogP contribution in [-0.2, 0) is 0 Å². The lowest BCUT2D eigenvalue weighted by atomic mass is 9.92. The Morgan fingerprint density at radius 1 is 1.14 bits per heavy atom. The first kappa shape index (κ1) is 20.6. The van der Waals surface area contributed by atoms with Crippen molar-refractivity contribution >= 4 is 39.9 Å². The molecule has 3 aromatic rings. The molecule has 0 fully saturated rings. The number of aromatic nitrogens is 1. The van der Waals surface area contributed by atoms with Crippen LogP contribution in [0.4, 0.5) is 5.69 Å². The molecule has 0 aliphatic heterocycles. The molecule has 0 radical (unpaired) electrons. The van der Waals surface area contributed by atoms with Crippen molar-refractivity contribution in [1.29, 1.82) is 0 Å². The molecule has 1 heterocycles. The standard InChI is InChI=1S/C23H23ClN4O/c1-23(2,3)20(25)14-21(27-16-9-5-4-6-10-16)28-22(29)17-13-19-15(12-18(17)24)8-7-11-26-19/h4-14H,25H2,1-3H3,(H,27,28,29). The van der Waals surface area contributed by atoms with E-state index in [4.69, 9.17) is 17.3 Å². The lowest BCUT2D eigenvalue weighted by molar-refractivity contribution is 0.0977. The van der Waals surface area contributed by atoms with E-state index in [0.29, 0.717) is 33.3 Å². The fourth-order valence-corrected chi connectivity index (χ4v) is 2.81. The minimum absolute atomic E-state index is 0.271. The fraction of sp³-hybridized carbons (Fsp3) is 0.174. The second-order valence-corrected chi connectivity index (χ2v) is 8.07. The normalized spacial score (nSPS) is 12.8. The van der Waals surface area contributed by atoms with Gasteiger partial charge in [-0.2, -0.15) is 0 Å². The highest BCUT2D eigenvalue weighted by molar-refractivity contribution is 6.35. The van der Waals surface area contributed by atoms with E-state index in [1.807, 2.05) is 63.2 Å². The molecule has 5 nitrogen and oxygen atoms in total. The zero-order valence-corrected chi connectivity index (χ0v) is 17.4. The van der Waals surface area contributed by atoms with Crippen LogP contribution in [0.1, 0.15) is 31.1 Å². The Morgan fingerprint density at radius 2 is 1.86 bits per heavy atom. The summed E-state index contributed by atoms with van der Waals surface area (Å²) >= 11 is 6.35. The number of hydrogen-bond acceptors (Lipinski definition) is 4. The van der Waals surface area contributed by atoms with E-state index in [1.54, 1.807) is 24.4 Å². The number of nitrogens with zero attached hydrogens (tertiary/aromatic N) is 2. The van der Waals surface area contributed by atoms with Gasteiger partial charge in [-0.3, -0.25) is 9.78 Å². The van der Waals surface area contributed by atoms with Gasteiger partial charge in [0, 0.05) is 28.8 Å². The van der Waals surface area contributed by atoms with Crippen molar-refractivity contribution in [2.24, 2.45) is 16.1 Å². The highest BCUT2D eigenvalue weighted by Gasteiger charge is 2.17. The number of nitrogens with one attached hydrogen (secondary N) is 1. The van der Waals surface area contributed by atoms with Crippen molar-refractivity contribution in [3.8, 4) is 0 Å². The number of rotatable bonds is 3. The van der Waals surface area contributed by atoms with Crippen molar-refractivity contribution in [2.75, 3.05) is 0 Å². The number of carbonyl (C=O) groups excluding carboxylic acids is 1. The first-order chi connectivity index (χ1) is 13.7. The van der Waals surface area contributed by atoms with Crippen molar-refractivity contribution in [1.82, 2.24) is 10.3 Å². The van der Waals surface area contributed by atoms with E-state index < -0.39 is 0 Å². The zero-order valence-electron chi connectivity index (χ0n) is 16.6. The number of benzene rings is 2. The molecule has 0 aliphatic rings. The Labute approximate surface area is 175 Å². The molecule has 6 heteroatoms. The first-order valence-corrected chi connectivity index (χ1v) is 9.59. The highest BCUT2D eigenvalue weighted by atomic mass is 35.5. The van der Waals surface area contributed by atoms with Gasteiger partial charge < -0.3 is 11.1 Å². The largest absolute Gasteiger partial charge is 0.401 e. The number of para-hydroxylation sites is 1. The quantitative estimate of drug-likeness (QED) is 0.461. The number of aliphatic imine (C=N–C) groups is 1. The van der Waals surface area contributed by atoms with Crippen LogP contribution in [0, 0.1) is 5.41 Å². The number of amides is 1. The summed E-state index contributed by atoms with van der Waals surface area (Å²) in [6.45, 7) is 5.98. The average molecular weight is 407 g/mol. The summed E-state index contributed by atoms with van der Waals surface area (Å²) in [5.41, 5.74) is 8.25. The molecule has 29 heavy (non-hydrogen) atoms. The smallest absolute Gasteiger partial charge is 0.258 e. The summed E-state index contributed by atoms with van der Waals surface area (Å²) < 4.78 is 0. The molecule has 0 saturated heterocycles. The van der Waals surface area contributed by atoms with Gasteiger partial charge >= 0.3 is 0 Å². The zero-order chi connectivity index (χ0) is 21.0. The molecule has 0 unspecified atom stereocenters. The van der Waals surface area contributed by atoms with E-state index in [-0.39, 0.29) is 11.3 Å². The number of hydrogen-bond donors (Lipinski definition) is 2. The number of pyridine rings is 1. The van der Waals surface area contributed by atoms with Crippen LogP contribution in [0.25, 0.3) is 10.9 Å². The fourth-order valence-electron chi connectivity index (χ4n) is 2.55. The van der Waals surface area contributed by atoms with Crippen LogP contribution in [-0.4, -0.2) is 16.7 Å². The van der Waals surface area contributed by atoms with Gasteiger partial charge in [-0.15, -0.1) is 0 Å². The maximum atomic E-state index is 13.0. The lowest BCUT2D eigenvalue weighted by Crippen LogP contribution is -2.31. The monoisotopic (exact) mass is 406 g/mol. The molecule has 3 rings (SSSR count). The number of carbonyl (C=O) groups is 1. The molecule has 3 N–H and O–H groups in total. The van der Waals surface area contributed by atoms with Crippen molar-refractivity contribution in [3.05, 3.63) is 83.2 Å². The predicted octanol–water partition coefficient (Wildman–Crippen LogP) is 5.24. The van der Waals surface area contributed by atoms with Gasteiger partial charge in [0.1, 0.15) is 5.84 Å². The highest BCUT2D eigenvalue weighted by Crippen LogP contribution is 2.24. The van der Waals surface area contributed by atoms with Crippen molar-refractivity contribution < 1.29 is 4.79 Å². The van der Waals surface area contributed by atoms with E-state index in [0.717, 1.165) is 5.39 Å². The Kier molecular flexibility index (Phi) is 5.99. The van der Waals surface area contributed by atoms with Crippen LogP contribution < -0.4 is 11.1 Å². The van der Waals surface area contributed by atoms with Crippen molar-refractivity contribution in [3.63, 3.8) is 0 Å². The Morgan fingerprint density at radius 3 is 2.55 bits per heavy atom. The van der Waals surface area contributed by atoms with Gasteiger partial charge in [-0.05, 0) is 30.3 Å². The molecule has 0 atom stereocenters. The number of nitrogens with two attached hydrogens (primary N) is 1. The Hall–Kier alpha value is -3.18. The summed E-state index contributed by atoms with van der Waals surface area (Å²) in [7, 11) is 0. The van der Waals surface area contributed by atoms with Gasteiger partial charge in [0.2, 0.25) is 0 Å². The van der Waals surface area contributed by atoms with E-state index in [2.05, 4.69) is 15.3 Å². The summed E-state index contributed by atoms with van der Waals surface area (Å²) in [6, 6.07) is 16.5. The Bertz CT molecular complexity index is 1100. The molecular formula is C23H23ClN4O. The molecule has 1 amide bonds. The molecule has 148 valence electrons. The molecule has 0 bridgehead atoms. The summed E-state index contributed by atoms with van der Waals surface area (Å²) in [6.07, 6.45) is 3.35. The molecule has 0 saturated carbocycles. The topological polar surface area (TPSA) is 80.4 Å². The van der Waals surface area contributed by atoms with Crippen LogP contribution in [0.15, 0.2) is 77.6 Å². The predicted molar refractivity (Wildman–Crippen MR) is 119 cm³/mol. The van der Waals surface area contributed by atoms with Crippen LogP contribution in [0.3, 0.4) is 0 Å². The molecule has 1 aromatic heterocycles. The van der Waals surface area contributed by atoms with Gasteiger partial charge in [0.05, 0.1) is 21.8 Å². The third kappa shape index (κ3) is 5.21. The van der Waals surface area contributed by atoms with Crippen LogP contribution in [0.2, 0.25) is 5.02 Å². The number of fused-ring (bicyclic) bond motifs is 1. The first-order valence-electron chi connectivity index (χ1n) is 9.21. The molecule has 0 aliphatic carbocycles. The van der Waals surface area contributed by atoms with E-state index in [9.17, 15) is 4.79 Å². The Balaban J connectivity index is 1.98. The summed E-state index contributed by atoms with van der Waals surface area (Å²) in [5, 5.41) is 4.04. The van der Waals surface area contributed by atoms with Crippen LogP contribution >= 0.6 is 11.6 Å². The minimum atomic E-state index is -0.379. The number of halogens is 1. The second-order valence-electron chi connectivity index (χ2n) is 7.66. The number of allylic oxidation sites excluding steroid dienone is 1. The minimum Gasteiger partial charge on any atom is -0.401 e. The second kappa shape index (κ2) is 8.45. The maximum Gasteiger partial charge on any atom is 0.258 e. The van der Waals surface area contributed by atoms with E-state index in [1.165, 1.54) is 0 Å². The van der Waals surface area contributed by atoms with E-state index >= 15 is 0 Å². The maximum absolute atomic E-state index is 13.0.